The first kappa shape index (κ1) is 19.8. The van der Waals surface area contributed by atoms with Gasteiger partial charge in [-0.1, -0.05) is 12.1 Å². The smallest absolute Gasteiger partial charge is 0.238 e. The molecule has 1 heterocycles. The van der Waals surface area contributed by atoms with E-state index in [-0.39, 0.29) is 11.8 Å². The third-order valence-electron chi connectivity index (χ3n) is 5.38. The summed E-state index contributed by atoms with van der Waals surface area (Å²) in [5, 5.41) is 6.36. The predicted molar refractivity (Wildman–Crippen MR) is 108 cm³/mol. The van der Waals surface area contributed by atoms with Crippen LogP contribution in [0.1, 0.15) is 36.8 Å². The van der Waals surface area contributed by atoms with Crippen molar-refractivity contribution in [1.29, 1.82) is 0 Å². The molecule has 1 aromatic rings. The maximum atomic E-state index is 12.6. The van der Waals surface area contributed by atoms with E-state index in [4.69, 9.17) is 0 Å². The quantitative estimate of drug-likeness (QED) is 0.768. The van der Waals surface area contributed by atoms with Crippen LogP contribution < -0.4 is 10.6 Å². The summed E-state index contributed by atoms with van der Waals surface area (Å²) in [5.74, 6) is 0.210. The summed E-state index contributed by atoms with van der Waals surface area (Å²) < 4.78 is 0. The summed E-state index contributed by atoms with van der Waals surface area (Å²) in [6.07, 6.45) is 3.75. The summed E-state index contributed by atoms with van der Waals surface area (Å²) in [7, 11) is 0. The molecule has 148 valence electrons. The monoisotopic (exact) mass is 372 g/mol. The van der Waals surface area contributed by atoms with Crippen molar-refractivity contribution in [3.05, 3.63) is 29.3 Å². The van der Waals surface area contributed by atoms with Gasteiger partial charge in [0.15, 0.2) is 0 Å². The highest BCUT2D eigenvalue weighted by Crippen LogP contribution is 2.27. The van der Waals surface area contributed by atoms with Gasteiger partial charge in [0.2, 0.25) is 11.8 Å². The number of hydrogen-bond acceptors (Lipinski definition) is 4. The Labute approximate surface area is 162 Å². The van der Waals surface area contributed by atoms with Crippen molar-refractivity contribution in [3.8, 4) is 0 Å². The number of hydrogen-bond donors (Lipinski definition) is 2. The summed E-state index contributed by atoms with van der Waals surface area (Å²) in [6, 6.07) is 6.53. The Bertz CT molecular complexity index is 664. The fourth-order valence-corrected chi connectivity index (χ4v) is 3.57. The van der Waals surface area contributed by atoms with Crippen LogP contribution in [0.5, 0.6) is 0 Å². The van der Waals surface area contributed by atoms with Gasteiger partial charge in [-0.2, -0.15) is 0 Å². The first-order valence-electron chi connectivity index (χ1n) is 10.1. The summed E-state index contributed by atoms with van der Waals surface area (Å²) in [6.45, 7) is 8.52. The zero-order valence-corrected chi connectivity index (χ0v) is 16.6. The van der Waals surface area contributed by atoms with Gasteiger partial charge in [-0.15, -0.1) is 0 Å². The minimum Gasteiger partial charge on any atom is -0.341 e. The number of amides is 2. The molecule has 0 atom stereocenters. The van der Waals surface area contributed by atoms with Gasteiger partial charge in [0.1, 0.15) is 0 Å². The van der Waals surface area contributed by atoms with Gasteiger partial charge in [-0.05, 0) is 56.8 Å². The molecule has 1 aromatic carbocycles. The Morgan fingerprint density at radius 1 is 1.22 bits per heavy atom. The van der Waals surface area contributed by atoms with Crippen molar-refractivity contribution in [3.63, 3.8) is 0 Å². The molecule has 1 aliphatic carbocycles. The number of benzene rings is 1. The van der Waals surface area contributed by atoms with E-state index in [0.717, 1.165) is 62.3 Å². The summed E-state index contributed by atoms with van der Waals surface area (Å²) in [4.78, 5) is 29.2. The molecule has 1 aliphatic heterocycles. The van der Waals surface area contributed by atoms with Crippen LogP contribution in [-0.4, -0.2) is 66.9 Å². The molecule has 0 spiro atoms. The Morgan fingerprint density at radius 2 is 2.04 bits per heavy atom. The van der Waals surface area contributed by atoms with Crippen LogP contribution >= 0.6 is 0 Å². The molecule has 2 N–H and O–H groups in total. The lowest BCUT2D eigenvalue weighted by atomic mass is 10.1. The molecule has 2 amide bonds. The van der Waals surface area contributed by atoms with E-state index in [1.54, 1.807) is 0 Å². The van der Waals surface area contributed by atoms with Gasteiger partial charge in [0, 0.05) is 44.3 Å². The predicted octanol–water partition coefficient (Wildman–Crippen LogP) is 1.92. The number of nitrogens with zero attached hydrogens (tertiary/aromatic N) is 2. The molecule has 3 rings (SSSR count). The maximum Gasteiger partial charge on any atom is 0.238 e. The second-order valence-electron chi connectivity index (χ2n) is 7.80. The highest BCUT2D eigenvalue weighted by Gasteiger charge is 2.31. The number of nitrogens with one attached hydrogen (secondary N) is 2. The van der Waals surface area contributed by atoms with Gasteiger partial charge >= 0.3 is 0 Å². The van der Waals surface area contributed by atoms with Gasteiger partial charge in [-0.3, -0.25) is 14.5 Å². The summed E-state index contributed by atoms with van der Waals surface area (Å²) >= 11 is 0. The number of aryl methyl sites for hydroxylation is 2. The molecule has 0 aromatic heterocycles. The van der Waals surface area contributed by atoms with Crippen LogP contribution in [0.3, 0.4) is 0 Å². The molecule has 1 saturated heterocycles. The van der Waals surface area contributed by atoms with Crippen LogP contribution in [0.4, 0.5) is 5.69 Å². The van der Waals surface area contributed by atoms with Crippen molar-refractivity contribution in [2.24, 2.45) is 0 Å². The minimum absolute atomic E-state index is 0.00187. The Morgan fingerprint density at radius 3 is 2.81 bits per heavy atom. The lowest BCUT2D eigenvalue weighted by Gasteiger charge is -2.24. The van der Waals surface area contributed by atoms with Crippen LogP contribution in [0.15, 0.2) is 18.2 Å². The average molecular weight is 373 g/mol. The molecule has 2 fully saturated rings. The van der Waals surface area contributed by atoms with Crippen molar-refractivity contribution in [2.45, 2.75) is 45.6 Å². The minimum atomic E-state index is 0.00187. The van der Waals surface area contributed by atoms with Gasteiger partial charge < -0.3 is 15.5 Å². The number of anilines is 1. The second-order valence-corrected chi connectivity index (χ2v) is 7.80. The fourth-order valence-electron chi connectivity index (χ4n) is 3.57. The number of carbonyl (C=O) groups is 2. The molecule has 2 aliphatic rings. The van der Waals surface area contributed by atoms with Crippen LogP contribution in [0.25, 0.3) is 0 Å². The molecule has 0 unspecified atom stereocenters. The molecule has 6 heteroatoms. The van der Waals surface area contributed by atoms with Crippen molar-refractivity contribution >= 4 is 17.5 Å². The van der Waals surface area contributed by atoms with Gasteiger partial charge in [0.25, 0.3) is 0 Å². The van der Waals surface area contributed by atoms with E-state index >= 15 is 0 Å². The zero-order valence-electron chi connectivity index (χ0n) is 16.6. The lowest BCUT2D eigenvalue weighted by molar-refractivity contribution is -0.131. The highest BCUT2D eigenvalue weighted by molar-refractivity contribution is 5.93. The third-order valence-corrected chi connectivity index (χ3v) is 5.38. The Balaban J connectivity index is 1.50. The normalized spacial score (nSPS) is 17.7. The molecule has 1 saturated carbocycles. The molecule has 0 bridgehead atoms. The standard InChI is InChI=1S/C21H32N4O2/c1-16-4-5-17(2)19(14-16)23-20(26)15-25(18-6-7-18)12-8-21(27)24-11-3-9-22-10-13-24/h4-5,14,18,22H,3,6-13,15H2,1-2H3,(H,23,26). The Hall–Kier alpha value is -1.92. The molecular formula is C21H32N4O2. The van der Waals surface area contributed by atoms with Gasteiger partial charge in [0.05, 0.1) is 6.54 Å². The summed E-state index contributed by atoms with van der Waals surface area (Å²) in [5.41, 5.74) is 3.08. The topological polar surface area (TPSA) is 64.7 Å². The van der Waals surface area contributed by atoms with Crippen LogP contribution in [0.2, 0.25) is 0 Å². The van der Waals surface area contributed by atoms with Crippen molar-refractivity contribution in [1.82, 2.24) is 15.1 Å². The van der Waals surface area contributed by atoms with Crippen molar-refractivity contribution in [2.75, 3.05) is 44.6 Å². The zero-order chi connectivity index (χ0) is 19.2. The first-order chi connectivity index (χ1) is 13.0. The Kier molecular flexibility index (Phi) is 6.85. The van der Waals surface area contributed by atoms with E-state index in [1.165, 1.54) is 0 Å². The van der Waals surface area contributed by atoms with E-state index in [2.05, 4.69) is 15.5 Å². The molecule has 0 radical (unpaired) electrons. The average Bonchev–Trinajstić information content (AvgIpc) is 3.48. The van der Waals surface area contributed by atoms with E-state index in [0.29, 0.717) is 25.6 Å². The SMILES string of the molecule is Cc1ccc(C)c(NC(=O)CN(CCC(=O)N2CCCNCC2)C2CC2)c1. The molecular weight excluding hydrogens is 340 g/mol. The number of carbonyl (C=O) groups excluding carboxylic acids is 2. The first-order valence-corrected chi connectivity index (χ1v) is 10.1. The third kappa shape index (κ3) is 6.04. The van der Waals surface area contributed by atoms with Crippen LogP contribution in [0, 0.1) is 13.8 Å². The second kappa shape index (κ2) is 9.33. The van der Waals surface area contributed by atoms with E-state index < -0.39 is 0 Å². The van der Waals surface area contributed by atoms with Crippen molar-refractivity contribution < 1.29 is 9.59 Å². The van der Waals surface area contributed by atoms with Gasteiger partial charge in [-0.25, -0.2) is 0 Å². The highest BCUT2D eigenvalue weighted by atomic mass is 16.2. The molecule has 27 heavy (non-hydrogen) atoms. The largest absolute Gasteiger partial charge is 0.341 e. The van der Waals surface area contributed by atoms with E-state index in [9.17, 15) is 9.59 Å². The maximum absolute atomic E-state index is 12.6. The van der Waals surface area contributed by atoms with Crippen LogP contribution in [-0.2, 0) is 9.59 Å². The van der Waals surface area contributed by atoms with E-state index in [1.807, 2.05) is 36.9 Å². The molecule has 6 nitrogen and oxygen atoms in total. The number of rotatable bonds is 7. The fraction of sp³-hybridized carbons (Fsp3) is 0.619. The lowest BCUT2D eigenvalue weighted by Crippen LogP contribution is -2.40.